The number of hydrogen-bond donors (Lipinski definition) is 0. The number of aryl methyl sites for hydroxylation is 2. The third kappa shape index (κ3) is 2.14. The Morgan fingerprint density at radius 3 is 2.47 bits per heavy atom. The molecular weight excluding hydrogens is 217 g/mol. The molecule has 0 N–H and O–H groups in total. The number of halogens is 1. The van der Waals surface area contributed by atoms with Crippen LogP contribution in [0.25, 0.3) is 10.9 Å². The molecule has 3 heteroatoms. The lowest BCUT2D eigenvalue weighted by atomic mass is 10.1. The first-order chi connectivity index (χ1) is 7.79. The monoisotopic (exact) mass is 235 g/mol. The Morgan fingerprint density at radius 2 is 1.88 bits per heavy atom. The van der Waals surface area contributed by atoms with Gasteiger partial charge in [-0.25, -0.2) is 4.39 Å². The largest absolute Gasteiger partial charge is 0.485 e. The van der Waals surface area contributed by atoms with Crippen molar-refractivity contribution >= 4 is 10.9 Å². The van der Waals surface area contributed by atoms with Crippen molar-refractivity contribution in [2.45, 2.75) is 33.3 Å². The number of benzene rings is 1. The predicted molar refractivity (Wildman–Crippen MR) is 68.0 cm³/mol. The molecule has 92 valence electrons. The molecule has 1 heterocycles. The minimum absolute atomic E-state index is 0.277. The van der Waals surface area contributed by atoms with Gasteiger partial charge in [0.25, 0.3) is 0 Å². The van der Waals surface area contributed by atoms with Gasteiger partial charge in [-0.2, -0.15) is 0 Å². The number of hydrogen-bond acceptors (Lipinski definition) is 1. The van der Waals surface area contributed by atoms with Crippen LogP contribution in [-0.4, -0.2) is 10.2 Å². The summed E-state index contributed by atoms with van der Waals surface area (Å²) in [7, 11) is 1.93. The van der Waals surface area contributed by atoms with Crippen LogP contribution < -0.4 is 4.74 Å². The van der Waals surface area contributed by atoms with Gasteiger partial charge >= 0.3 is 0 Å². The van der Waals surface area contributed by atoms with Crippen molar-refractivity contribution < 1.29 is 9.13 Å². The molecule has 0 bridgehead atoms. The van der Waals surface area contributed by atoms with Gasteiger partial charge in [-0.3, -0.25) is 0 Å². The summed E-state index contributed by atoms with van der Waals surface area (Å²) in [4.78, 5) is 0. The van der Waals surface area contributed by atoms with Crippen molar-refractivity contribution in [2.75, 3.05) is 0 Å². The molecule has 17 heavy (non-hydrogen) atoms. The summed E-state index contributed by atoms with van der Waals surface area (Å²) in [6, 6.07) is 5.44. The van der Waals surface area contributed by atoms with E-state index in [0.717, 1.165) is 11.2 Å². The van der Waals surface area contributed by atoms with E-state index in [2.05, 4.69) is 0 Å². The highest BCUT2D eigenvalue weighted by molar-refractivity contribution is 5.83. The third-order valence-corrected chi connectivity index (χ3v) is 2.78. The van der Waals surface area contributed by atoms with E-state index in [9.17, 15) is 4.39 Å². The van der Waals surface area contributed by atoms with E-state index < -0.39 is 5.60 Å². The van der Waals surface area contributed by atoms with Gasteiger partial charge in [-0.15, -0.1) is 0 Å². The molecule has 0 spiro atoms. The Hall–Kier alpha value is -1.51. The van der Waals surface area contributed by atoms with Crippen LogP contribution in [0.5, 0.6) is 5.75 Å². The van der Waals surface area contributed by atoms with Crippen molar-refractivity contribution in [3.8, 4) is 5.75 Å². The molecule has 0 radical (unpaired) electrons. The first kappa shape index (κ1) is 12.0. The van der Waals surface area contributed by atoms with Crippen LogP contribution in [0.15, 0.2) is 18.2 Å². The summed E-state index contributed by atoms with van der Waals surface area (Å²) in [5.74, 6) is 0.0386. The highest BCUT2D eigenvalue weighted by Crippen LogP contribution is 2.30. The zero-order chi connectivity index (χ0) is 12.8. The number of ether oxygens (including phenoxy) is 1. The van der Waals surface area contributed by atoms with Gasteiger partial charge in [0.2, 0.25) is 0 Å². The molecule has 0 saturated carbocycles. The van der Waals surface area contributed by atoms with Crippen LogP contribution in [0.2, 0.25) is 0 Å². The molecule has 0 unspecified atom stereocenters. The van der Waals surface area contributed by atoms with E-state index in [4.69, 9.17) is 4.74 Å². The maximum absolute atomic E-state index is 14.3. The van der Waals surface area contributed by atoms with E-state index in [1.54, 1.807) is 6.07 Å². The molecular formula is C14H18FNO. The standard InChI is InChI=1S/C14H18FNO/c1-9-8-10-11(16(9)5)6-7-12(13(10)15)17-14(2,3)4/h6-8H,1-5H3. The Bertz CT molecular complexity index is 564. The van der Waals surface area contributed by atoms with Gasteiger partial charge in [0, 0.05) is 18.1 Å². The van der Waals surface area contributed by atoms with E-state index >= 15 is 0 Å². The topological polar surface area (TPSA) is 14.2 Å². The molecule has 0 fully saturated rings. The van der Waals surface area contributed by atoms with Gasteiger partial charge in [-0.05, 0) is 45.9 Å². The fraction of sp³-hybridized carbons (Fsp3) is 0.429. The zero-order valence-electron chi connectivity index (χ0n) is 11.0. The normalized spacial score (nSPS) is 12.1. The fourth-order valence-corrected chi connectivity index (χ4v) is 1.90. The van der Waals surface area contributed by atoms with Gasteiger partial charge in [0.05, 0.1) is 5.52 Å². The van der Waals surface area contributed by atoms with E-state index in [-0.39, 0.29) is 5.82 Å². The van der Waals surface area contributed by atoms with Crippen LogP contribution >= 0.6 is 0 Å². The number of fused-ring (bicyclic) bond motifs is 1. The summed E-state index contributed by atoms with van der Waals surface area (Å²) in [6.45, 7) is 7.69. The molecule has 0 saturated heterocycles. The van der Waals surface area contributed by atoms with Crippen LogP contribution in [0, 0.1) is 12.7 Å². The Morgan fingerprint density at radius 1 is 1.24 bits per heavy atom. The third-order valence-electron chi connectivity index (χ3n) is 2.78. The first-order valence-corrected chi connectivity index (χ1v) is 5.73. The number of nitrogens with zero attached hydrogens (tertiary/aromatic N) is 1. The van der Waals surface area contributed by atoms with Crippen LogP contribution in [0.3, 0.4) is 0 Å². The summed E-state index contributed by atoms with van der Waals surface area (Å²) < 4.78 is 21.8. The molecule has 0 amide bonds. The number of rotatable bonds is 1. The zero-order valence-corrected chi connectivity index (χ0v) is 11.0. The predicted octanol–water partition coefficient (Wildman–Crippen LogP) is 3.80. The Kier molecular flexibility index (Phi) is 2.64. The molecule has 0 atom stereocenters. The van der Waals surface area contributed by atoms with E-state index in [1.165, 1.54) is 0 Å². The van der Waals surface area contributed by atoms with Crippen molar-refractivity contribution in [3.05, 3.63) is 29.7 Å². The lowest BCUT2D eigenvalue weighted by molar-refractivity contribution is 0.125. The van der Waals surface area contributed by atoms with E-state index in [0.29, 0.717) is 11.1 Å². The van der Waals surface area contributed by atoms with Crippen molar-refractivity contribution in [3.63, 3.8) is 0 Å². The van der Waals surface area contributed by atoms with Crippen molar-refractivity contribution in [2.24, 2.45) is 7.05 Å². The van der Waals surface area contributed by atoms with Gasteiger partial charge in [-0.1, -0.05) is 0 Å². The average molecular weight is 235 g/mol. The SMILES string of the molecule is Cc1cc2c(F)c(OC(C)(C)C)ccc2n1C. The average Bonchev–Trinajstić information content (AvgIpc) is 2.48. The van der Waals surface area contributed by atoms with Gasteiger partial charge in [0.15, 0.2) is 11.6 Å². The van der Waals surface area contributed by atoms with Crippen LogP contribution in [0.4, 0.5) is 4.39 Å². The second-order valence-electron chi connectivity index (χ2n) is 5.37. The molecule has 2 rings (SSSR count). The highest BCUT2D eigenvalue weighted by Gasteiger charge is 2.17. The number of aromatic nitrogens is 1. The second kappa shape index (κ2) is 3.76. The molecule has 0 aliphatic carbocycles. The van der Waals surface area contributed by atoms with Crippen LogP contribution in [-0.2, 0) is 7.05 Å². The minimum atomic E-state index is -0.391. The second-order valence-corrected chi connectivity index (χ2v) is 5.37. The lowest BCUT2D eigenvalue weighted by Gasteiger charge is -2.21. The van der Waals surface area contributed by atoms with Crippen molar-refractivity contribution in [1.29, 1.82) is 0 Å². The summed E-state index contributed by atoms with van der Waals surface area (Å²) in [6.07, 6.45) is 0. The molecule has 2 aromatic rings. The maximum atomic E-state index is 14.3. The summed E-state index contributed by atoms with van der Waals surface area (Å²) in [5, 5.41) is 0.617. The first-order valence-electron chi connectivity index (χ1n) is 5.73. The fourth-order valence-electron chi connectivity index (χ4n) is 1.90. The quantitative estimate of drug-likeness (QED) is 0.733. The summed E-state index contributed by atoms with van der Waals surface area (Å²) in [5.41, 5.74) is 1.53. The molecule has 1 aromatic heterocycles. The van der Waals surface area contributed by atoms with Gasteiger partial charge in [0.1, 0.15) is 5.60 Å². The minimum Gasteiger partial charge on any atom is -0.485 e. The Balaban J connectivity index is 2.58. The molecule has 2 nitrogen and oxygen atoms in total. The van der Waals surface area contributed by atoms with Crippen LogP contribution in [0.1, 0.15) is 26.5 Å². The van der Waals surface area contributed by atoms with Crippen molar-refractivity contribution in [1.82, 2.24) is 4.57 Å². The molecule has 0 aliphatic heterocycles. The summed E-state index contributed by atoms with van der Waals surface area (Å²) >= 11 is 0. The highest BCUT2D eigenvalue weighted by atomic mass is 19.1. The smallest absolute Gasteiger partial charge is 0.174 e. The maximum Gasteiger partial charge on any atom is 0.174 e. The molecule has 1 aromatic carbocycles. The van der Waals surface area contributed by atoms with E-state index in [1.807, 2.05) is 51.4 Å². The van der Waals surface area contributed by atoms with Gasteiger partial charge < -0.3 is 9.30 Å². The molecule has 0 aliphatic rings. The Labute approximate surface area is 101 Å². The lowest BCUT2D eigenvalue weighted by Crippen LogP contribution is -2.23.